The summed E-state index contributed by atoms with van der Waals surface area (Å²) in [6, 6.07) is 14.1. The standard InChI is InChI=1S/C21H20ClN5O4S/c1-2-27-20(14-7-9-16(22)10-8-14)25-26-21(27)32-13-18(28)24-23-11-15-5-3-4-6-17(15)31-12-19(29)30/h3-11H,2,12-13H2,1H3,(H2,24,28,29,30)/b23-11-. The van der Waals surface area contributed by atoms with E-state index in [0.29, 0.717) is 28.0 Å². The number of ether oxygens (including phenoxy) is 1. The Labute approximate surface area is 193 Å². The number of nitrogens with one attached hydrogen (secondary N) is 2. The van der Waals surface area contributed by atoms with E-state index in [9.17, 15) is 14.7 Å². The number of halogens is 1. The van der Waals surface area contributed by atoms with Crippen LogP contribution < -0.4 is 19.8 Å². The van der Waals surface area contributed by atoms with Crippen LogP contribution in [0.1, 0.15) is 12.5 Å². The van der Waals surface area contributed by atoms with E-state index in [-0.39, 0.29) is 11.7 Å². The third-order valence-corrected chi connectivity index (χ3v) is 5.41. The molecule has 0 saturated heterocycles. The first-order valence-electron chi connectivity index (χ1n) is 9.58. The zero-order valence-corrected chi connectivity index (χ0v) is 18.7. The quantitative estimate of drug-likeness (QED) is 0.198. The molecular formula is C21H20ClN5O4S. The normalized spacial score (nSPS) is 10.9. The molecule has 2 aromatic carbocycles. The van der Waals surface area contributed by atoms with Crippen molar-refractivity contribution in [3.63, 3.8) is 0 Å². The fourth-order valence-electron chi connectivity index (χ4n) is 2.74. The van der Waals surface area contributed by atoms with Crippen LogP contribution in [0.5, 0.6) is 5.75 Å². The Morgan fingerprint density at radius 3 is 2.75 bits per heavy atom. The van der Waals surface area contributed by atoms with E-state index < -0.39 is 12.6 Å². The Bertz CT molecular complexity index is 1120. The Morgan fingerprint density at radius 2 is 2.03 bits per heavy atom. The SMILES string of the molecule is CC[n+]1c(SCC(=O)N/N=C\c2ccccc2OCC(=O)[O-])n[nH]c1-c1ccc(Cl)cc1. The molecule has 166 valence electrons. The monoisotopic (exact) mass is 473 g/mol. The molecule has 1 aromatic heterocycles. The number of carboxylic acid groups (broad SMARTS) is 1. The Hall–Kier alpha value is -3.37. The van der Waals surface area contributed by atoms with E-state index in [1.54, 1.807) is 36.4 Å². The van der Waals surface area contributed by atoms with Crippen LogP contribution in [0.15, 0.2) is 58.8 Å². The molecule has 11 heteroatoms. The summed E-state index contributed by atoms with van der Waals surface area (Å²) in [5.74, 6) is -0.412. The highest BCUT2D eigenvalue weighted by Crippen LogP contribution is 2.20. The van der Waals surface area contributed by atoms with Crippen LogP contribution in [-0.4, -0.2) is 40.6 Å². The number of nitrogens with zero attached hydrogens (tertiary/aromatic N) is 3. The molecule has 0 aliphatic carbocycles. The van der Waals surface area contributed by atoms with Crippen molar-refractivity contribution in [1.29, 1.82) is 0 Å². The molecule has 1 heterocycles. The molecule has 32 heavy (non-hydrogen) atoms. The van der Waals surface area contributed by atoms with Gasteiger partial charge in [-0.05, 0) is 55.1 Å². The van der Waals surface area contributed by atoms with E-state index >= 15 is 0 Å². The van der Waals surface area contributed by atoms with Crippen molar-refractivity contribution in [1.82, 2.24) is 15.6 Å². The Balaban J connectivity index is 1.58. The van der Waals surface area contributed by atoms with E-state index in [1.807, 2.05) is 23.6 Å². The van der Waals surface area contributed by atoms with Gasteiger partial charge in [-0.15, -0.1) is 5.10 Å². The number of amides is 1. The molecule has 3 rings (SSSR count). The van der Waals surface area contributed by atoms with Gasteiger partial charge in [-0.1, -0.05) is 23.7 Å². The summed E-state index contributed by atoms with van der Waals surface area (Å²) >= 11 is 7.23. The number of H-pyrrole nitrogens is 1. The second-order valence-electron chi connectivity index (χ2n) is 6.39. The van der Waals surface area contributed by atoms with Gasteiger partial charge in [0.25, 0.3) is 11.7 Å². The lowest BCUT2D eigenvalue weighted by Gasteiger charge is -2.08. The van der Waals surface area contributed by atoms with Crippen LogP contribution in [0.3, 0.4) is 0 Å². The lowest BCUT2D eigenvalue weighted by molar-refractivity contribution is -0.719. The predicted molar refractivity (Wildman–Crippen MR) is 118 cm³/mol. The second-order valence-corrected chi connectivity index (χ2v) is 7.77. The van der Waals surface area contributed by atoms with Crippen molar-refractivity contribution in [2.24, 2.45) is 5.10 Å². The molecule has 0 aliphatic rings. The summed E-state index contributed by atoms with van der Waals surface area (Å²) in [7, 11) is 0. The molecule has 0 spiro atoms. The first-order chi connectivity index (χ1) is 15.5. The molecule has 1 amide bonds. The highest BCUT2D eigenvalue weighted by molar-refractivity contribution is 7.99. The van der Waals surface area contributed by atoms with Gasteiger partial charge >= 0.3 is 5.16 Å². The minimum atomic E-state index is -1.33. The fraction of sp³-hybridized carbons (Fsp3) is 0.190. The number of rotatable bonds is 10. The van der Waals surface area contributed by atoms with Crippen LogP contribution in [0, 0.1) is 0 Å². The summed E-state index contributed by atoms with van der Waals surface area (Å²) in [6.07, 6.45) is 1.38. The van der Waals surface area contributed by atoms with E-state index in [0.717, 1.165) is 11.4 Å². The summed E-state index contributed by atoms with van der Waals surface area (Å²) in [4.78, 5) is 22.8. The number of aromatic nitrogens is 3. The Morgan fingerprint density at radius 1 is 1.28 bits per heavy atom. The molecule has 0 unspecified atom stereocenters. The zero-order valence-electron chi connectivity index (χ0n) is 17.1. The highest BCUT2D eigenvalue weighted by atomic mass is 35.5. The molecule has 9 nitrogen and oxygen atoms in total. The van der Waals surface area contributed by atoms with Crippen LogP contribution in [0.2, 0.25) is 5.02 Å². The largest absolute Gasteiger partial charge is 0.546 e. The average molecular weight is 474 g/mol. The zero-order chi connectivity index (χ0) is 22.9. The minimum Gasteiger partial charge on any atom is -0.546 e. The van der Waals surface area contributed by atoms with Crippen molar-refractivity contribution in [3.8, 4) is 17.1 Å². The van der Waals surface area contributed by atoms with E-state index in [4.69, 9.17) is 16.3 Å². The van der Waals surface area contributed by atoms with Crippen molar-refractivity contribution < 1.29 is 24.0 Å². The number of hydrogen-bond acceptors (Lipinski definition) is 7. The van der Waals surface area contributed by atoms with E-state index in [2.05, 4.69) is 20.7 Å². The first-order valence-corrected chi connectivity index (χ1v) is 10.9. The maximum atomic E-state index is 12.2. The molecule has 2 N–H and O–H groups in total. The lowest BCUT2D eigenvalue weighted by Crippen LogP contribution is -2.36. The summed E-state index contributed by atoms with van der Waals surface area (Å²) in [5.41, 5.74) is 3.89. The van der Waals surface area contributed by atoms with Crippen LogP contribution in [0.25, 0.3) is 11.4 Å². The molecular weight excluding hydrogens is 454 g/mol. The predicted octanol–water partition coefficient (Wildman–Crippen LogP) is 1.41. The van der Waals surface area contributed by atoms with Crippen LogP contribution >= 0.6 is 23.4 Å². The second kappa shape index (κ2) is 11.3. The van der Waals surface area contributed by atoms with Gasteiger partial charge in [0.05, 0.1) is 35.1 Å². The first kappa shape index (κ1) is 23.3. The lowest BCUT2D eigenvalue weighted by atomic mass is 10.2. The van der Waals surface area contributed by atoms with Gasteiger partial charge in [0.2, 0.25) is 0 Å². The number of aliphatic carboxylic acids is 1. The van der Waals surface area contributed by atoms with Crippen molar-refractivity contribution >= 4 is 41.5 Å². The molecule has 0 saturated carbocycles. The highest BCUT2D eigenvalue weighted by Gasteiger charge is 2.21. The average Bonchev–Trinajstić information content (AvgIpc) is 3.20. The van der Waals surface area contributed by atoms with Crippen molar-refractivity contribution in [2.75, 3.05) is 12.4 Å². The van der Waals surface area contributed by atoms with Gasteiger partial charge in [0.15, 0.2) is 0 Å². The summed E-state index contributed by atoms with van der Waals surface area (Å²) < 4.78 is 7.11. The van der Waals surface area contributed by atoms with Gasteiger partial charge in [-0.2, -0.15) is 5.10 Å². The summed E-state index contributed by atoms with van der Waals surface area (Å²) in [6.45, 7) is 2.08. The minimum absolute atomic E-state index is 0.102. The number of aromatic amines is 1. The third kappa shape index (κ3) is 6.32. The number of para-hydroxylation sites is 1. The number of hydrazone groups is 1. The topological polar surface area (TPSA) is 123 Å². The van der Waals surface area contributed by atoms with Crippen molar-refractivity contribution in [2.45, 2.75) is 18.6 Å². The summed E-state index contributed by atoms with van der Waals surface area (Å²) in [5, 5.41) is 23.1. The third-order valence-electron chi connectivity index (χ3n) is 4.18. The van der Waals surface area contributed by atoms with Gasteiger partial charge in [-0.25, -0.2) is 9.99 Å². The van der Waals surface area contributed by atoms with Gasteiger partial charge in [-0.3, -0.25) is 4.79 Å². The van der Waals surface area contributed by atoms with Crippen molar-refractivity contribution in [3.05, 3.63) is 59.1 Å². The van der Waals surface area contributed by atoms with Crippen LogP contribution in [-0.2, 0) is 16.1 Å². The number of hydrogen-bond donors (Lipinski definition) is 2. The van der Waals surface area contributed by atoms with E-state index in [1.165, 1.54) is 18.0 Å². The molecule has 0 radical (unpaired) electrons. The van der Waals surface area contributed by atoms with Gasteiger partial charge < -0.3 is 14.6 Å². The number of carbonyl (C=O) groups is 2. The maximum absolute atomic E-state index is 12.2. The van der Waals surface area contributed by atoms with Crippen LogP contribution in [0.4, 0.5) is 0 Å². The van der Waals surface area contributed by atoms with Gasteiger partial charge in [0.1, 0.15) is 12.4 Å². The smallest absolute Gasteiger partial charge is 0.337 e. The number of carboxylic acids is 1. The number of benzene rings is 2. The van der Waals surface area contributed by atoms with Gasteiger partial charge in [0, 0.05) is 10.6 Å². The molecule has 3 aromatic rings. The fourth-order valence-corrected chi connectivity index (χ4v) is 3.68. The molecule has 0 atom stereocenters. The molecule has 0 fully saturated rings. The Kier molecular flexibility index (Phi) is 8.23. The maximum Gasteiger partial charge on any atom is 0.337 e. The number of thioether (sulfide) groups is 1. The number of carbonyl (C=O) groups excluding carboxylic acids is 2. The molecule has 0 aliphatic heterocycles. The molecule has 0 bridgehead atoms.